The molecule has 0 saturated heterocycles. The summed E-state index contributed by atoms with van der Waals surface area (Å²) >= 11 is 6.81. The van der Waals surface area contributed by atoms with Crippen molar-refractivity contribution in [2.75, 3.05) is 7.11 Å². The van der Waals surface area contributed by atoms with E-state index in [1.54, 1.807) is 11.3 Å². The third kappa shape index (κ3) is 2.96. The van der Waals surface area contributed by atoms with Gasteiger partial charge in [-0.05, 0) is 41.0 Å². The summed E-state index contributed by atoms with van der Waals surface area (Å²) in [6.07, 6.45) is 1.70. The molecular formula is C13H16N2O2S2. The van der Waals surface area contributed by atoms with Crippen LogP contribution >= 0.6 is 23.6 Å². The van der Waals surface area contributed by atoms with Crippen molar-refractivity contribution in [2.24, 2.45) is 0 Å². The average Bonchev–Trinajstić information content (AvgIpc) is 2.91. The number of hydrogen-bond acceptors (Lipinski definition) is 4. The van der Waals surface area contributed by atoms with Crippen molar-refractivity contribution in [3.8, 4) is 0 Å². The first-order valence-electron chi connectivity index (χ1n) is 6.08. The van der Waals surface area contributed by atoms with E-state index in [0.29, 0.717) is 10.7 Å². The van der Waals surface area contributed by atoms with E-state index in [2.05, 4.69) is 17.6 Å². The Morgan fingerprint density at radius 1 is 1.58 bits per heavy atom. The largest absolute Gasteiger partial charge is 0.466 e. The molecular weight excluding hydrogens is 280 g/mol. The zero-order chi connectivity index (χ0) is 13.8. The van der Waals surface area contributed by atoms with Crippen molar-refractivity contribution >= 4 is 34.6 Å². The van der Waals surface area contributed by atoms with Gasteiger partial charge in [0.2, 0.25) is 0 Å². The number of rotatable bonds is 4. The summed E-state index contributed by atoms with van der Waals surface area (Å²) in [4.78, 5) is 12.1. The second kappa shape index (κ2) is 6.16. The highest BCUT2D eigenvalue weighted by Crippen LogP contribution is 2.30. The predicted octanol–water partition coefficient (Wildman–Crippen LogP) is 2.49. The Morgan fingerprint density at radius 3 is 2.95 bits per heavy atom. The molecule has 2 rings (SSSR count). The highest BCUT2D eigenvalue weighted by atomic mass is 32.1. The van der Waals surface area contributed by atoms with Gasteiger partial charge in [0.05, 0.1) is 18.7 Å². The maximum Gasteiger partial charge on any atom is 0.337 e. The summed E-state index contributed by atoms with van der Waals surface area (Å²) in [5.74, 6) is -0.317. The molecule has 1 aromatic rings. The molecule has 0 bridgehead atoms. The first-order valence-corrected chi connectivity index (χ1v) is 7.43. The van der Waals surface area contributed by atoms with Gasteiger partial charge >= 0.3 is 5.97 Å². The fraction of sp³-hybridized carbons (Fsp3) is 0.385. The van der Waals surface area contributed by atoms with Crippen LogP contribution in [0, 0.1) is 0 Å². The van der Waals surface area contributed by atoms with E-state index in [1.807, 2.05) is 16.8 Å². The van der Waals surface area contributed by atoms with Crippen molar-refractivity contribution in [1.82, 2.24) is 10.6 Å². The van der Waals surface area contributed by atoms with Gasteiger partial charge in [-0.3, -0.25) is 0 Å². The van der Waals surface area contributed by atoms with E-state index in [1.165, 1.54) is 7.11 Å². The molecule has 102 valence electrons. The van der Waals surface area contributed by atoms with Gasteiger partial charge in [0, 0.05) is 5.70 Å². The van der Waals surface area contributed by atoms with Crippen LogP contribution in [0.25, 0.3) is 0 Å². The minimum atomic E-state index is -0.317. The van der Waals surface area contributed by atoms with Crippen LogP contribution in [-0.4, -0.2) is 18.2 Å². The van der Waals surface area contributed by atoms with Gasteiger partial charge in [-0.1, -0.05) is 13.3 Å². The van der Waals surface area contributed by atoms with Crippen molar-refractivity contribution in [3.05, 3.63) is 33.7 Å². The molecule has 0 saturated carbocycles. The Morgan fingerprint density at radius 2 is 2.37 bits per heavy atom. The highest BCUT2D eigenvalue weighted by Gasteiger charge is 2.31. The monoisotopic (exact) mass is 296 g/mol. The average molecular weight is 296 g/mol. The number of esters is 1. The van der Waals surface area contributed by atoms with Crippen molar-refractivity contribution in [1.29, 1.82) is 0 Å². The fourth-order valence-corrected chi connectivity index (χ4v) is 3.03. The molecule has 0 aliphatic carbocycles. The maximum absolute atomic E-state index is 12.1. The number of carbonyl (C=O) groups is 1. The molecule has 0 spiro atoms. The smallest absolute Gasteiger partial charge is 0.337 e. The molecule has 0 unspecified atom stereocenters. The number of ether oxygens (including phenoxy) is 1. The second-order valence-electron chi connectivity index (χ2n) is 4.22. The van der Waals surface area contributed by atoms with Crippen LogP contribution in [0.2, 0.25) is 0 Å². The van der Waals surface area contributed by atoms with Gasteiger partial charge in [-0.2, -0.15) is 11.3 Å². The molecule has 6 heteroatoms. The number of thiocarbonyl (C=S) groups is 1. The lowest BCUT2D eigenvalue weighted by atomic mass is 9.96. The summed E-state index contributed by atoms with van der Waals surface area (Å²) in [7, 11) is 1.40. The topological polar surface area (TPSA) is 50.4 Å². The molecule has 0 amide bonds. The Balaban J connectivity index is 2.46. The van der Waals surface area contributed by atoms with Crippen LogP contribution in [-0.2, 0) is 9.53 Å². The Labute approximate surface area is 121 Å². The molecule has 19 heavy (non-hydrogen) atoms. The molecule has 1 aromatic heterocycles. The second-order valence-corrected chi connectivity index (χ2v) is 5.41. The SMILES string of the molecule is CCCC1=C(C(=O)OC)[C@H](c2ccsc2)NC(=S)N1. The highest BCUT2D eigenvalue weighted by molar-refractivity contribution is 7.80. The third-order valence-corrected chi connectivity index (χ3v) is 3.86. The van der Waals surface area contributed by atoms with Crippen LogP contribution in [0.4, 0.5) is 0 Å². The number of thiophene rings is 1. The number of hydrogen-bond donors (Lipinski definition) is 2. The van der Waals surface area contributed by atoms with Crippen LogP contribution in [0.1, 0.15) is 31.4 Å². The summed E-state index contributed by atoms with van der Waals surface area (Å²) < 4.78 is 4.91. The van der Waals surface area contributed by atoms with E-state index in [4.69, 9.17) is 17.0 Å². The van der Waals surface area contributed by atoms with Crippen LogP contribution in [0.5, 0.6) is 0 Å². The van der Waals surface area contributed by atoms with E-state index in [0.717, 1.165) is 24.1 Å². The van der Waals surface area contributed by atoms with Crippen molar-refractivity contribution < 1.29 is 9.53 Å². The van der Waals surface area contributed by atoms with E-state index < -0.39 is 0 Å². The van der Waals surface area contributed by atoms with Crippen LogP contribution in [0.15, 0.2) is 28.1 Å². The minimum Gasteiger partial charge on any atom is -0.466 e. The van der Waals surface area contributed by atoms with Crippen LogP contribution < -0.4 is 10.6 Å². The third-order valence-electron chi connectivity index (χ3n) is 2.94. The molecule has 1 aliphatic rings. The molecule has 2 heterocycles. The lowest BCUT2D eigenvalue weighted by Gasteiger charge is -2.30. The molecule has 1 atom stereocenters. The summed E-state index contributed by atoms with van der Waals surface area (Å²) in [5.41, 5.74) is 2.51. The van der Waals surface area contributed by atoms with E-state index in [9.17, 15) is 4.79 Å². The Kier molecular flexibility index (Phi) is 4.55. The predicted molar refractivity (Wildman–Crippen MR) is 79.9 cm³/mol. The Bertz CT molecular complexity index is 509. The summed E-state index contributed by atoms with van der Waals surface area (Å²) in [6, 6.07) is 1.76. The molecule has 4 nitrogen and oxygen atoms in total. The van der Waals surface area contributed by atoms with Crippen molar-refractivity contribution in [2.45, 2.75) is 25.8 Å². The van der Waals surface area contributed by atoms with Crippen LogP contribution in [0.3, 0.4) is 0 Å². The summed E-state index contributed by atoms with van der Waals surface area (Å²) in [5, 5.41) is 10.8. The zero-order valence-corrected chi connectivity index (χ0v) is 12.5. The number of methoxy groups -OCH3 is 1. The first-order chi connectivity index (χ1) is 9.17. The van der Waals surface area contributed by atoms with Gasteiger partial charge < -0.3 is 15.4 Å². The molecule has 0 radical (unpaired) electrons. The molecule has 0 fully saturated rings. The summed E-state index contributed by atoms with van der Waals surface area (Å²) in [6.45, 7) is 2.06. The number of nitrogens with one attached hydrogen (secondary N) is 2. The quantitative estimate of drug-likeness (QED) is 0.660. The fourth-order valence-electron chi connectivity index (χ4n) is 2.11. The molecule has 1 aliphatic heterocycles. The van der Waals surface area contributed by atoms with Gasteiger partial charge in [0.1, 0.15) is 0 Å². The molecule has 0 aromatic carbocycles. The lowest BCUT2D eigenvalue weighted by molar-refractivity contribution is -0.136. The number of allylic oxidation sites excluding steroid dienone is 1. The van der Waals surface area contributed by atoms with Crippen molar-refractivity contribution in [3.63, 3.8) is 0 Å². The first kappa shape index (κ1) is 14.0. The zero-order valence-electron chi connectivity index (χ0n) is 10.9. The van der Waals surface area contributed by atoms with Gasteiger partial charge in [-0.25, -0.2) is 4.79 Å². The maximum atomic E-state index is 12.1. The van der Waals surface area contributed by atoms with Gasteiger partial charge in [0.15, 0.2) is 5.11 Å². The lowest BCUT2D eigenvalue weighted by Crippen LogP contribution is -2.45. The minimum absolute atomic E-state index is 0.228. The Hall–Kier alpha value is -1.40. The standard InChI is InChI=1S/C13H16N2O2S2/c1-3-4-9-10(12(16)17-2)11(15-13(18)14-9)8-5-6-19-7-8/h5-7,11H,3-4H2,1-2H3,(H2,14,15,18)/t11-/m0/s1. The van der Waals surface area contributed by atoms with E-state index >= 15 is 0 Å². The molecule has 2 N–H and O–H groups in total. The number of carbonyl (C=O) groups excluding carboxylic acids is 1. The normalized spacial score (nSPS) is 18.8. The van der Waals surface area contributed by atoms with E-state index in [-0.39, 0.29) is 12.0 Å². The van der Waals surface area contributed by atoms with Gasteiger partial charge in [0.25, 0.3) is 0 Å². The van der Waals surface area contributed by atoms with Gasteiger partial charge in [-0.15, -0.1) is 0 Å².